The summed E-state index contributed by atoms with van der Waals surface area (Å²) in [6.45, 7) is 6.99. The van der Waals surface area contributed by atoms with Crippen molar-refractivity contribution in [2.75, 3.05) is 17.7 Å². The number of nitrogens with one attached hydrogen (secondary N) is 1. The number of ether oxygens (including phenoxy) is 2. The van der Waals surface area contributed by atoms with Gasteiger partial charge in [-0.3, -0.25) is 4.79 Å². The molecule has 1 amide bonds. The molecule has 0 aliphatic rings. The van der Waals surface area contributed by atoms with Crippen LogP contribution in [0.25, 0.3) is 0 Å². The Balaban J connectivity index is 1.57. The number of rotatable bonds is 10. The fourth-order valence-corrected chi connectivity index (χ4v) is 3.79. The zero-order chi connectivity index (χ0) is 22.9. The summed E-state index contributed by atoms with van der Waals surface area (Å²) in [5, 5.41) is 11.9. The molecule has 0 fully saturated rings. The minimum Gasteiger partial charge on any atom is -0.486 e. The summed E-state index contributed by atoms with van der Waals surface area (Å²) >= 11 is 1.29. The van der Waals surface area contributed by atoms with E-state index in [4.69, 9.17) is 9.47 Å². The third-order valence-corrected chi connectivity index (χ3v) is 5.42. The number of benzene rings is 2. The van der Waals surface area contributed by atoms with E-state index in [0.717, 1.165) is 11.3 Å². The van der Waals surface area contributed by atoms with Crippen molar-refractivity contribution in [3.8, 4) is 5.75 Å². The van der Waals surface area contributed by atoms with Crippen LogP contribution in [0.15, 0.2) is 53.7 Å². The van der Waals surface area contributed by atoms with Crippen molar-refractivity contribution in [1.82, 2.24) is 14.8 Å². The van der Waals surface area contributed by atoms with Crippen molar-refractivity contribution in [3.05, 3.63) is 65.5 Å². The number of thioether (sulfide) groups is 1. The average molecular weight is 455 g/mol. The van der Waals surface area contributed by atoms with E-state index in [1.165, 1.54) is 11.8 Å². The number of carbonyl (C=O) groups excluding carboxylic acids is 2. The van der Waals surface area contributed by atoms with E-state index in [2.05, 4.69) is 15.5 Å². The summed E-state index contributed by atoms with van der Waals surface area (Å²) in [4.78, 5) is 24.3. The van der Waals surface area contributed by atoms with E-state index in [-0.39, 0.29) is 18.3 Å². The zero-order valence-corrected chi connectivity index (χ0v) is 19.1. The number of amides is 1. The van der Waals surface area contributed by atoms with Gasteiger partial charge in [-0.25, -0.2) is 4.79 Å². The van der Waals surface area contributed by atoms with Gasteiger partial charge in [0.15, 0.2) is 11.0 Å². The summed E-state index contributed by atoms with van der Waals surface area (Å²) in [5.41, 5.74) is 2.04. The molecule has 0 bridgehead atoms. The first-order valence-corrected chi connectivity index (χ1v) is 11.3. The lowest BCUT2D eigenvalue weighted by atomic mass is 10.2. The summed E-state index contributed by atoms with van der Waals surface area (Å²) in [7, 11) is 0. The van der Waals surface area contributed by atoms with E-state index < -0.39 is 5.97 Å². The van der Waals surface area contributed by atoms with Crippen molar-refractivity contribution in [2.45, 2.75) is 39.1 Å². The molecule has 168 valence electrons. The average Bonchev–Trinajstić information content (AvgIpc) is 3.18. The Morgan fingerprint density at radius 2 is 1.91 bits per heavy atom. The molecule has 1 heterocycles. The maximum atomic E-state index is 12.4. The fraction of sp³-hybridized carbons (Fsp3) is 0.304. The molecule has 0 saturated carbocycles. The fourth-order valence-electron chi connectivity index (χ4n) is 2.97. The first kappa shape index (κ1) is 23.3. The number of carbonyl (C=O) groups is 2. The van der Waals surface area contributed by atoms with Crippen LogP contribution in [0.2, 0.25) is 0 Å². The molecular weight excluding hydrogens is 428 g/mol. The predicted molar refractivity (Wildman–Crippen MR) is 123 cm³/mol. The Bertz CT molecular complexity index is 1080. The van der Waals surface area contributed by atoms with Crippen LogP contribution in [-0.2, 0) is 22.7 Å². The van der Waals surface area contributed by atoms with Crippen LogP contribution in [0.4, 0.5) is 5.69 Å². The van der Waals surface area contributed by atoms with Crippen molar-refractivity contribution in [1.29, 1.82) is 0 Å². The quantitative estimate of drug-likeness (QED) is 0.364. The highest BCUT2D eigenvalue weighted by Gasteiger charge is 2.14. The SMILES string of the molecule is CCOC(=O)c1cccc(NC(=O)CSc2nnc(COc3cccc(C)c3)n2CC)c1. The van der Waals surface area contributed by atoms with Crippen LogP contribution in [0.5, 0.6) is 5.75 Å². The number of esters is 1. The highest BCUT2D eigenvalue weighted by Crippen LogP contribution is 2.20. The smallest absolute Gasteiger partial charge is 0.338 e. The second-order valence-electron chi connectivity index (χ2n) is 6.89. The molecule has 2 aromatic carbocycles. The van der Waals surface area contributed by atoms with E-state index >= 15 is 0 Å². The number of aromatic nitrogens is 3. The van der Waals surface area contributed by atoms with E-state index in [1.54, 1.807) is 31.2 Å². The summed E-state index contributed by atoms with van der Waals surface area (Å²) in [6.07, 6.45) is 0. The van der Waals surface area contributed by atoms with Crippen LogP contribution in [-0.4, -0.2) is 39.0 Å². The Kier molecular flexibility index (Phi) is 8.27. The molecule has 9 heteroatoms. The molecule has 32 heavy (non-hydrogen) atoms. The van der Waals surface area contributed by atoms with Crippen molar-refractivity contribution < 1.29 is 19.1 Å². The normalized spacial score (nSPS) is 10.6. The number of aryl methyl sites for hydroxylation is 1. The van der Waals surface area contributed by atoms with Gasteiger partial charge < -0.3 is 19.4 Å². The molecule has 0 radical (unpaired) electrons. The molecule has 0 atom stereocenters. The van der Waals surface area contributed by atoms with Crippen molar-refractivity contribution in [2.24, 2.45) is 0 Å². The van der Waals surface area contributed by atoms with Crippen molar-refractivity contribution >= 4 is 29.3 Å². The highest BCUT2D eigenvalue weighted by molar-refractivity contribution is 7.99. The topological polar surface area (TPSA) is 95.3 Å². The van der Waals surface area contributed by atoms with Gasteiger partial charge in [-0.2, -0.15) is 0 Å². The summed E-state index contributed by atoms with van der Waals surface area (Å²) < 4.78 is 12.7. The van der Waals surface area contributed by atoms with E-state index in [9.17, 15) is 9.59 Å². The predicted octanol–water partition coefficient (Wildman–Crippen LogP) is 4.09. The summed E-state index contributed by atoms with van der Waals surface area (Å²) in [6, 6.07) is 14.5. The van der Waals surface area contributed by atoms with Gasteiger partial charge in [0, 0.05) is 12.2 Å². The second-order valence-corrected chi connectivity index (χ2v) is 7.83. The van der Waals surface area contributed by atoms with E-state index in [1.807, 2.05) is 42.7 Å². The number of hydrogen-bond donors (Lipinski definition) is 1. The monoisotopic (exact) mass is 454 g/mol. The van der Waals surface area contributed by atoms with E-state index in [0.29, 0.717) is 35.4 Å². The Hall–Kier alpha value is -3.33. The van der Waals surface area contributed by atoms with Gasteiger partial charge in [0.05, 0.1) is 17.9 Å². The molecule has 0 saturated heterocycles. The molecule has 0 aliphatic carbocycles. The minimum atomic E-state index is -0.422. The molecule has 0 spiro atoms. The van der Waals surface area contributed by atoms with Gasteiger partial charge in [0.1, 0.15) is 12.4 Å². The molecule has 8 nitrogen and oxygen atoms in total. The van der Waals surface area contributed by atoms with Crippen LogP contribution >= 0.6 is 11.8 Å². The molecule has 1 N–H and O–H groups in total. The minimum absolute atomic E-state index is 0.153. The lowest BCUT2D eigenvalue weighted by molar-refractivity contribution is -0.113. The highest BCUT2D eigenvalue weighted by atomic mass is 32.2. The molecule has 0 aliphatic heterocycles. The lowest BCUT2D eigenvalue weighted by Crippen LogP contribution is -2.15. The zero-order valence-electron chi connectivity index (χ0n) is 18.3. The Morgan fingerprint density at radius 3 is 2.66 bits per heavy atom. The van der Waals surface area contributed by atoms with Gasteiger partial charge in [-0.05, 0) is 56.7 Å². The maximum absolute atomic E-state index is 12.4. The summed E-state index contributed by atoms with van der Waals surface area (Å²) in [5.74, 6) is 0.988. The molecule has 1 aromatic heterocycles. The van der Waals surface area contributed by atoms with Crippen LogP contribution in [0, 0.1) is 6.92 Å². The van der Waals surface area contributed by atoms with Gasteiger partial charge in [0.2, 0.25) is 5.91 Å². The standard InChI is InChI=1S/C23H26N4O4S/c1-4-27-20(14-31-19-11-6-8-16(3)12-19)25-26-23(27)32-15-21(28)24-18-10-7-9-17(13-18)22(29)30-5-2/h6-13H,4-5,14-15H2,1-3H3,(H,24,28). The van der Waals surface area contributed by atoms with Gasteiger partial charge in [-0.15, -0.1) is 10.2 Å². The third-order valence-electron chi connectivity index (χ3n) is 4.46. The number of anilines is 1. The maximum Gasteiger partial charge on any atom is 0.338 e. The molecule has 0 unspecified atom stereocenters. The first-order valence-electron chi connectivity index (χ1n) is 10.3. The first-order chi connectivity index (χ1) is 15.5. The molecular formula is C23H26N4O4S. The van der Waals surface area contributed by atoms with Crippen molar-refractivity contribution in [3.63, 3.8) is 0 Å². The largest absolute Gasteiger partial charge is 0.486 e. The Morgan fingerprint density at radius 1 is 1.09 bits per heavy atom. The molecule has 3 aromatic rings. The van der Waals surface area contributed by atoms with Gasteiger partial charge in [0.25, 0.3) is 0 Å². The van der Waals surface area contributed by atoms with Crippen LogP contribution < -0.4 is 10.1 Å². The second kappa shape index (κ2) is 11.3. The third kappa shape index (κ3) is 6.34. The lowest BCUT2D eigenvalue weighted by Gasteiger charge is -2.10. The number of nitrogens with zero attached hydrogens (tertiary/aromatic N) is 3. The van der Waals surface area contributed by atoms with Crippen LogP contribution in [0.1, 0.15) is 35.6 Å². The van der Waals surface area contributed by atoms with Gasteiger partial charge >= 0.3 is 5.97 Å². The van der Waals surface area contributed by atoms with Gasteiger partial charge in [-0.1, -0.05) is 30.0 Å². The Labute approximate surface area is 191 Å². The number of hydrogen-bond acceptors (Lipinski definition) is 7. The van der Waals surface area contributed by atoms with Crippen LogP contribution in [0.3, 0.4) is 0 Å². The molecule has 3 rings (SSSR count).